The van der Waals surface area contributed by atoms with E-state index in [2.05, 4.69) is 9.88 Å². The molecule has 6 nitrogen and oxygen atoms in total. The van der Waals surface area contributed by atoms with Crippen LogP contribution >= 0.6 is 0 Å². The molecule has 0 spiro atoms. The highest BCUT2D eigenvalue weighted by molar-refractivity contribution is 5.97. The number of piperidine rings is 2. The van der Waals surface area contributed by atoms with Gasteiger partial charge in [-0.05, 0) is 69.0 Å². The quantitative estimate of drug-likeness (QED) is 0.834. The van der Waals surface area contributed by atoms with E-state index in [4.69, 9.17) is 5.73 Å². The number of carbonyl (C=O) groups is 2. The minimum Gasteiger partial charge on any atom is -0.364 e. The van der Waals surface area contributed by atoms with E-state index in [0.717, 1.165) is 48.8 Å². The fraction of sp³-hybridized carbons (Fsp3) is 0.545. The number of aromatic amines is 1. The second kappa shape index (κ2) is 8.35. The zero-order chi connectivity index (χ0) is 19.5. The molecule has 2 aliphatic rings. The molecule has 3 heterocycles. The third-order valence-corrected chi connectivity index (χ3v) is 6.30. The van der Waals surface area contributed by atoms with Gasteiger partial charge in [-0.1, -0.05) is 12.5 Å². The lowest BCUT2D eigenvalue weighted by molar-refractivity contribution is -0.132. The minimum absolute atomic E-state index is 0.254. The molecule has 3 N–H and O–H groups in total. The topological polar surface area (TPSA) is 82.4 Å². The number of hydrogen-bond acceptors (Lipinski definition) is 3. The minimum atomic E-state index is -0.458. The number of fused-ring (bicyclic) bond motifs is 1. The lowest BCUT2D eigenvalue weighted by atomic mass is 9.99. The van der Waals surface area contributed by atoms with Crippen LogP contribution in [0.3, 0.4) is 0 Å². The predicted octanol–water partition coefficient (Wildman–Crippen LogP) is 2.68. The maximum Gasteiger partial charge on any atom is 0.265 e. The van der Waals surface area contributed by atoms with Crippen LogP contribution in [0.4, 0.5) is 0 Å². The summed E-state index contributed by atoms with van der Waals surface area (Å²) in [4.78, 5) is 31.7. The molecule has 0 bridgehead atoms. The van der Waals surface area contributed by atoms with Crippen molar-refractivity contribution >= 4 is 22.7 Å². The molecule has 2 aromatic rings. The number of nitrogens with two attached hydrogens (primary N) is 1. The predicted molar refractivity (Wildman–Crippen MR) is 110 cm³/mol. The highest BCUT2D eigenvalue weighted by Gasteiger charge is 2.27. The van der Waals surface area contributed by atoms with E-state index in [-0.39, 0.29) is 5.91 Å². The van der Waals surface area contributed by atoms with Crippen molar-refractivity contribution in [3.05, 3.63) is 35.5 Å². The van der Waals surface area contributed by atoms with Gasteiger partial charge in [0.15, 0.2) is 0 Å². The van der Waals surface area contributed by atoms with Crippen molar-refractivity contribution in [3.63, 3.8) is 0 Å². The first-order chi connectivity index (χ1) is 13.6. The van der Waals surface area contributed by atoms with Gasteiger partial charge in [-0.15, -0.1) is 0 Å². The number of H-pyrrole nitrogens is 1. The van der Waals surface area contributed by atoms with Crippen LogP contribution in [0.25, 0.3) is 10.9 Å². The summed E-state index contributed by atoms with van der Waals surface area (Å²) in [5.41, 5.74) is 7.75. The highest BCUT2D eigenvalue weighted by Crippen LogP contribution is 2.22. The first kappa shape index (κ1) is 19.0. The Morgan fingerprint density at radius 1 is 1.04 bits per heavy atom. The van der Waals surface area contributed by atoms with Crippen molar-refractivity contribution in [1.82, 2.24) is 14.8 Å². The standard InChI is InChI=1S/C22H30N4O2/c23-22(28)20-15-17-14-16(4-6-19(17)24-20)5-7-21(27)26-12-8-18(9-13-26)25-10-2-1-3-11-25/h4,6,14-15,18,24H,1-3,5,7-13H2,(H2,23,28). The Labute approximate surface area is 166 Å². The lowest BCUT2D eigenvalue weighted by Crippen LogP contribution is -2.48. The largest absolute Gasteiger partial charge is 0.364 e. The summed E-state index contributed by atoms with van der Waals surface area (Å²) in [6, 6.07) is 8.44. The van der Waals surface area contributed by atoms with Crippen LogP contribution in [0.1, 0.15) is 54.6 Å². The van der Waals surface area contributed by atoms with Gasteiger partial charge in [0, 0.05) is 36.5 Å². The normalized spacial score (nSPS) is 19.2. The van der Waals surface area contributed by atoms with Crippen molar-refractivity contribution in [2.75, 3.05) is 26.2 Å². The van der Waals surface area contributed by atoms with Crippen LogP contribution in [0.5, 0.6) is 0 Å². The highest BCUT2D eigenvalue weighted by atomic mass is 16.2. The van der Waals surface area contributed by atoms with Crippen molar-refractivity contribution in [2.24, 2.45) is 5.73 Å². The molecule has 0 aliphatic carbocycles. The number of aromatic nitrogens is 1. The average Bonchev–Trinajstić information content (AvgIpc) is 3.16. The molecule has 28 heavy (non-hydrogen) atoms. The summed E-state index contributed by atoms with van der Waals surface area (Å²) in [5, 5.41) is 0.959. The summed E-state index contributed by atoms with van der Waals surface area (Å²) in [5.74, 6) is -0.204. The smallest absolute Gasteiger partial charge is 0.265 e. The molecule has 0 atom stereocenters. The van der Waals surface area contributed by atoms with Gasteiger partial charge in [0.2, 0.25) is 5.91 Å². The molecule has 0 radical (unpaired) electrons. The third-order valence-electron chi connectivity index (χ3n) is 6.30. The first-order valence-corrected chi connectivity index (χ1v) is 10.5. The van der Waals surface area contributed by atoms with Crippen LogP contribution < -0.4 is 5.73 Å². The van der Waals surface area contributed by atoms with Gasteiger partial charge in [0.05, 0.1) is 0 Å². The van der Waals surface area contributed by atoms with Gasteiger partial charge in [0.1, 0.15) is 5.69 Å². The van der Waals surface area contributed by atoms with Gasteiger partial charge < -0.3 is 20.5 Å². The van der Waals surface area contributed by atoms with Gasteiger partial charge in [-0.2, -0.15) is 0 Å². The second-order valence-corrected chi connectivity index (χ2v) is 8.18. The average molecular weight is 383 g/mol. The van der Waals surface area contributed by atoms with Gasteiger partial charge in [-0.3, -0.25) is 9.59 Å². The van der Waals surface area contributed by atoms with Gasteiger partial charge in [-0.25, -0.2) is 0 Å². The van der Waals surface area contributed by atoms with Crippen molar-refractivity contribution in [3.8, 4) is 0 Å². The van der Waals surface area contributed by atoms with Crippen molar-refractivity contribution < 1.29 is 9.59 Å². The van der Waals surface area contributed by atoms with E-state index < -0.39 is 5.91 Å². The maximum atomic E-state index is 12.7. The molecular formula is C22H30N4O2. The molecule has 1 aromatic heterocycles. The Morgan fingerprint density at radius 3 is 2.50 bits per heavy atom. The molecule has 0 unspecified atom stereocenters. The number of aryl methyl sites for hydroxylation is 1. The maximum absolute atomic E-state index is 12.7. The second-order valence-electron chi connectivity index (χ2n) is 8.18. The molecule has 4 rings (SSSR count). The van der Waals surface area contributed by atoms with Gasteiger partial charge >= 0.3 is 0 Å². The van der Waals surface area contributed by atoms with Crippen LogP contribution in [-0.2, 0) is 11.2 Å². The summed E-state index contributed by atoms with van der Waals surface area (Å²) in [6.45, 7) is 4.24. The van der Waals surface area contributed by atoms with Crippen LogP contribution in [0, 0.1) is 0 Å². The molecule has 1 aromatic carbocycles. The number of carbonyl (C=O) groups excluding carboxylic acids is 2. The summed E-state index contributed by atoms with van der Waals surface area (Å²) in [6.07, 6.45) is 7.49. The molecule has 150 valence electrons. The zero-order valence-electron chi connectivity index (χ0n) is 16.5. The zero-order valence-corrected chi connectivity index (χ0v) is 16.5. The van der Waals surface area contributed by atoms with E-state index in [1.807, 2.05) is 23.1 Å². The molecule has 6 heteroatoms. The Morgan fingerprint density at radius 2 is 1.79 bits per heavy atom. The SMILES string of the molecule is NC(=O)c1cc2cc(CCC(=O)N3CCC(N4CCCCC4)CC3)ccc2[nH]1. The molecule has 2 saturated heterocycles. The Balaban J connectivity index is 1.28. The number of rotatable bonds is 5. The van der Waals surface area contributed by atoms with Crippen LogP contribution in [-0.4, -0.2) is 58.8 Å². The number of primary amides is 1. The Hall–Kier alpha value is -2.34. The Kier molecular flexibility index (Phi) is 5.67. The molecule has 2 aliphatic heterocycles. The molecule has 0 saturated carbocycles. The monoisotopic (exact) mass is 382 g/mol. The fourth-order valence-corrected chi connectivity index (χ4v) is 4.64. The summed E-state index contributed by atoms with van der Waals surface area (Å²) < 4.78 is 0. The summed E-state index contributed by atoms with van der Waals surface area (Å²) >= 11 is 0. The molecular weight excluding hydrogens is 352 g/mol. The van der Waals surface area contributed by atoms with Crippen molar-refractivity contribution in [2.45, 2.75) is 51.0 Å². The number of amides is 2. The molecule has 2 amide bonds. The van der Waals surface area contributed by atoms with Crippen molar-refractivity contribution in [1.29, 1.82) is 0 Å². The van der Waals surface area contributed by atoms with Gasteiger partial charge in [0.25, 0.3) is 5.91 Å². The number of benzene rings is 1. The fourth-order valence-electron chi connectivity index (χ4n) is 4.64. The van der Waals surface area contributed by atoms with Crippen LogP contribution in [0.15, 0.2) is 24.3 Å². The van der Waals surface area contributed by atoms with E-state index in [1.165, 1.54) is 32.4 Å². The summed E-state index contributed by atoms with van der Waals surface area (Å²) in [7, 11) is 0. The first-order valence-electron chi connectivity index (χ1n) is 10.5. The third kappa shape index (κ3) is 4.22. The number of nitrogens with zero attached hydrogens (tertiary/aromatic N) is 2. The molecule has 2 fully saturated rings. The number of nitrogens with one attached hydrogen (secondary N) is 1. The van der Waals surface area contributed by atoms with E-state index in [9.17, 15) is 9.59 Å². The van der Waals surface area contributed by atoms with E-state index in [1.54, 1.807) is 6.07 Å². The number of likely N-dealkylation sites (tertiary alicyclic amines) is 2. The number of hydrogen-bond donors (Lipinski definition) is 2. The van der Waals surface area contributed by atoms with E-state index >= 15 is 0 Å². The Bertz CT molecular complexity index is 845. The van der Waals surface area contributed by atoms with Crippen LogP contribution in [0.2, 0.25) is 0 Å². The lowest BCUT2D eigenvalue weighted by Gasteiger charge is -2.40. The van der Waals surface area contributed by atoms with E-state index in [0.29, 0.717) is 18.2 Å².